The highest BCUT2D eigenvalue weighted by Gasteiger charge is 2.25. The second-order valence-electron chi connectivity index (χ2n) is 6.11. The number of hydrogen-bond acceptors (Lipinski definition) is 5. The zero-order valence-corrected chi connectivity index (χ0v) is 15.9. The van der Waals surface area contributed by atoms with Gasteiger partial charge in [0.15, 0.2) is 17.1 Å². The number of fused-ring (bicyclic) bond motifs is 1. The van der Waals surface area contributed by atoms with E-state index in [1.807, 2.05) is 0 Å². The van der Waals surface area contributed by atoms with E-state index in [1.165, 1.54) is 32.4 Å². The number of halogens is 1. The summed E-state index contributed by atoms with van der Waals surface area (Å²) in [6.07, 6.45) is 6.01. The molecule has 1 saturated heterocycles. The third-order valence-electron chi connectivity index (χ3n) is 4.65. The van der Waals surface area contributed by atoms with Crippen LogP contribution in [0, 0.1) is 0 Å². The van der Waals surface area contributed by atoms with Gasteiger partial charge in [0, 0.05) is 0 Å². The number of rotatable bonds is 8. The highest BCUT2D eigenvalue weighted by molar-refractivity contribution is 6.01. The van der Waals surface area contributed by atoms with Crippen molar-refractivity contribution in [3.8, 4) is 17.2 Å². The van der Waals surface area contributed by atoms with Gasteiger partial charge >= 0.3 is 0 Å². The van der Waals surface area contributed by atoms with Crippen molar-refractivity contribution in [1.29, 1.82) is 0 Å². The van der Waals surface area contributed by atoms with E-state index >= 15 is 0 Å². The summed E-state index contributed by atoms with van der Waals surface area (Å²) in [7, 11) is 3.10. The van der Waals surface area contributed by atoms with E-state index in [0.29, 0.717) is 41.5 Å². The Balaban J connectivity index is 0.00000243. The molecule has 26 heavy (non-hydrogen) atoms. The number of methoxy groups -OCH3 is 2. The predicted molar refractivity (Wildman–Crippen MR) is 93.9 cm³/mol. The summed E-state index contributed by atoms with van der Waals surface area (Å²) in [5.74, 6) is 1.39. The van der Waals surface area contributed by atoms with Crippen molar-refractivity contribution >= 4 is 23.1 Å². The second-order valence-corrected chi connectivity index (χ2v) is 6.11. The molecular weight excluding hydrogens is 360 g/mol. The summed E-state index contributed by atoms with van der Waals surface area (Å²) in [6, 6.07) is 1.77. The molecule has 3 rings (SSSR count). The lowest BCUT2D eigenvalue weighted by Crippen LogP contribution is -3.13. The van der Waals surface area contributed by atoms with Crippen LogP contribution < -0.4 is 36.8 Å². The molecule has 0 bridgehead atoms. The summed E-state index contributed by atoms with van der Waals surface area (Å²) in [5, 5.41) is 3.40. The number of nitrogens with one attached hydrogen (secondary N) is 2. The summed E-state index contributed by atoms with van der Waals surface area (Å²) < 4.78 is 22.6. The summed E-state index contributed by atoms with van der Waals surface area (Å²) in [5.41, 5.74) is 0.994. The van der Waals surface area contributed by atoms with Crippen molar-refractivity contribution in [2.24, 2.45) is 0 Å². The molecule has 1 aromatic carbocycles. The van der Waals surface area contributed by atoms with E-state index in [9.17, 15) is 4.79 Å². The van der Waals surface area contributed by atoms with Gasteiger partial charge in [0.1, 0.15) is 18.8 Å². The first-order chi connectivity index (χ1) is 12.3. The lowest BCUT2D eigenvalue weighted by molar-refractivity contribution is -0.904. The monoisotopic (exact) mass is 384 g/mol. The van der Waals surface area contributed by atoms with Crippen molar-refractivity contribution in [2.45, 2.75) is 19.3 Å². The fourth-order valence-electron chi connectivity index (χ4n) is 3.44. The van der Waals surface area contributed by atoms with Crippen LogP contribution in [0.4, 0.5) is 5.69 Å². The first-order valence-corrected chi connectivity index (χ1v) is 8.61. The Morgan fingerprint density at radius 2 is 1.88 bits per heavy atom. The van der Waals surface area contributed by atoms with E-state index in [0.717, 1.165) is 11.9 Å². The van der Waals surface area contributed by atoms with Gasteiger partial charge in [-0.1, -0.05) is 0 Å². The van der Waals surface area contributed by atoms with E-state index < -0.39 is 0 Å². The van der Waals surface area contributed by atoms with Gasteiger partial charge in [0.2, 0.25) is 12.2 Å². The lowest BCUT2D eigenvalue weighted by Gasteiger charge is -2.24. The molecule has 0 spiro atoms. The number of carbonyl (C=O) groups excluding carboxylic acids is 1. The molecule has 1 aliphatic rings. The van der Waals surface area contributed by atoms with E-state index in [4.69, 9.17) is 18.6 Å². The van der Waals surface area contributed by atoms with Crippen molar-refractivity contribution in [2.75, 3.05) is 45.8 Å². The van der Waals surface area contributed by atoms with Gasteiger partial charge in [0.25, 0.3) is 0 Å². The van der Waals surface area contributed by atoms with Crippen LogP contribution in [0.3, 0.4) is 0 Å². The molecule has 0 aliphatic carbocycles. The number of anilines is 1. The number of amides is 1. The third-order valence-corrected chi connectivity index (χ3v) is 4.65. The number of furan rings is 1. The average Bonchev–Trinajstić information content (AvgIpc) is 3.12. The number of quaternary nitrogens is 1. The Hall–Kier alpha value is -2.12. The fraction of sp³-hybridized carbons (Fsp3) is 0.500. The van der Waals surface area contributed by atoms with Crippen LogP contribution in [0.2, 0.25) is 0 Å². The van der Waals surface area contributed by atoms with Gasteiger partial charge in [0.05, 0.1) is 39.0 Å². The van der Waals surface area contributed by atoms with Crippen molar-refractivity contribution < 1.29 is 40.7 Å². The SMILES string of the molecule is COc1c(NC=O)c(OCC[NH+]2CCCCC2)c(OC)c2occc12.[Cl-]. The van der Waals surface area contributed by atoms with Crippen LogP contribution >= 0.6 is 0 Å². The van der Waals surface area contributed by atoms with Gasteiger partial charge in [-0.2, -0.15) is 0 Å². The molecule has 1 aromatic heterocycles. The Bertz CT molecular complexity index is 728. The summed E-state index contributed by atoms with van der Waals surface area (Å²) in [4.78, 5) is 12.6. The average molecular weight is 385 g/mol. The summed E-state index contributed by atoms with van der Waals surface area (Å²) in [6.45, 7) is 3.79. The van der Waals surface area contributed by atoms with Gasteiger partial charge < -0.3 is 41.3 Å². The molecule has 144 valence electrons. The molecule has 7 nitrogen and oxygen atoms in total. The van der Waals surface area contributed by atoms with Gasteiger partial charge in [-0.15, -0.1) is 0 Å². The van der Waals surface area contributed by atoms with Gasteiger partial charge in [-0.3, -0.25) is 4.79 Å². The van der Waals surface area contributed by atoms with Crippen LogP contribution in [0.5, 0.6) is 17.2 Å². The molecule has 2 aromatic rings. The standard InChI is InChI=1S/C18H24N2O5.ClH/c1-22-15-13-6-10-24-16(13)18(23-2)17(14(15)19-12-21)25-11-9-20-7-4-3-5-8-20;/h6,10,12H,3-5,7-9,11H2,1-2H3,(H,19,21);1H. The van der Waals surface area contributed by atoms with Crippen molar-refractivity contribution in [3.05, 3.63) is 12.3 Å². The zero-order valence-electron chi connectivity index (χ0n) is 15.1. The van der Waals surface area contributed by atoms with E-state index in [-0.39, 0.29) is 12.4 Å². The number of piperidine rings is 1. The number of ether oxygens (including phenoxy) is 3. The normalized spacial score (nSPS) is 14.5. The minimum atomic E-state index is 0. The minimum Gasteiger partial charge on any atom is -1.00 e. The number of likely N-dealkylation sites (tertiary alicyclic amines) is 1. The van der Waals surface area contributed by atoms with Crippen LogP contribution in [-0.4, -0.2) is 46.9 Å². The lowest BCUT2D eigenvalue weighted by atomic mass is 10.1. The molecule has 1 amide bonds. The first-order valence-electron chi connectivity index (χ1n) is 8.61. The molecule has 0 unspecified atom stereocenters. The molecule has 1 aliphatic heterocycles. The Morgan fingerprint density at radius 3 is 2.54 bits per heavy atom. The van der Waals surface area contributed by atoms with Crippen LogP contribution in [0.25, 0.3) is 11.0 Å². The fourth-order valence-corrected chi connectivity index (χ4v) is 3.44. The third kappa shape index (κ3) is 3.99. The van der Waals surface area contributed by atoms with Crippen LogP contribution in [-0.2, 0) is 4.79 Å². The molecule has 0 saturated carbocycles. The summed E-state index contributed by atoms with van der Waals surface area (Å²) >= 11 is 0. The Morgan fingerprint density at radius 1 is 1.15 bits per heavy atom. The smallest absolute Gasteiger partial charge is 0.211 e. The second kappa shape index (κ2) is 9.54. The minimum absolute atomic E-state index is 0. The number of carbonyl (C=O) groups is 1. The largest absolute Gasteiger partial charge is 1.00 e. The predicted octanol–water partition coefficient (Wildman–Crippen LogP) is -1.53. The maximum absolute atomic E-state index is 11.1. The molecular formula is C18H25ClN2O5. The van der Waals surface area contributed by atoms with Gasteiger partial charge in [-0.05, 0) is 25.3 Å². The quantitative estimate of drug-likeness (QED) is 0.540. The number of benzene rings is 1. The molecule has 8 heteroatoms. The molecule has 1 fully saturated rings. The van der Waals surface area contributed by atoms with Crippen LogP contribution in [0.1, 0.15) is 19.3 Å². The number of hydrogen-bond donors (Lipinski definition) is 2. The molecule has 2 N–H and O–H groups in total. The highest BCUT2D eigenvalue weighted by atomic mass is 35.5. The Kier molecular flexibility index (Phi) is 7.41. The van der Waals surface area contributed by atoms with Crippen molar-refractivity contribution in [3.63, 3.8) is 0 Å². The van der Waals surface area contributed by atoms with E-state index in [1.54, 1.807) is 31.4 Å². The highest BCUT2D eigenvalue weighted by Crippen LogP contribution is 2.49. The maximum Gasteiger partial charge on any atom is 0.211 e. The zero-order chi connectivity index (χ0) is 17.6. The maximum atomic E-state index is 11.1. The first kappa shape index (κ1) is 20.2. The Labute approximate surface area is 159 Å². The van der Waals surface area contributed by atoms with Crippen LogP contribution in [0.15, 0.2) is 16.7 Å². The van der Waals surface area contributed by atoms with E-state index in [2.05, 4.69) is 5.32 Å². The molecule has 0 atom stereocenters. The molecule has 2 heterocycles. The van der Waals surface area contributed by atoms with Gasteiger partial charge in [-0.25, -0.2) is 0 Å². The topological polar surface area (TPSA) is 74.4 Å². The molecule has 0 radical (unpaired) electrons. The van der Waals surface area contributed by atoms with Crippen molar-refractivity contribution in [1.82, 2.24) is 0 Å².